The van der Waals surface area contributed by atoms with E-state index in [2.05, 4.69) is 11.0 Å². The van der Waals surface area contributed by atoms with Gasteiger partial charge in [-0.15, -0.1) is 0 Å². The SMILES string of the molecule is CN(C(=O)C1CCN(CCC#N)CC1)c1ccc(O)cc1. The van der Waals surface area contributed by atoms with Gasteiger partial charge < -0.3 is 14.9 Å². The first kappa shape index (κ1) is 15.3. The quantitative estimate of drug-likeness (QED) is 0.919. The van der Waals surface area contributed by atoms with Gasteiger partial charge in [-0.25, -0.2) is 0 Å². The first-order chi connectivity index (χ1) is 10.1. The summed E-state index contributed by atoms with van der Waals surface area (Å²) in [7, 11) is 1.77. The molecule has 0 bridgehead atoms. The number of carbonyl (C=O) groups is 1. The van der Waals surface area contributed by atoms with Crippen LogP contribution in [0.4, 0.5) is 5.69 Å². The Labute approximate surface area is 125 Å². The number of amides is 1. The molecule has 1 saturated heterocycles. The van der Waals surface area contributed by atoms with E-state index in [9.17, 15) is 9.90 Å². The monoisotopic (exact) mass is 287 g/mol. The Kier molecular flexibility index (Phi) is 5.18. The van der Waals surface area contributed by atoms with E-state index in [0.29, 0.717) is 6.42 Å². The van der Waals surface area contributed by atoms with Crippen LogP contribution in [0.15, 0.2) is 24.3 Å². The van der Waals surface area contributed by atoms with E-state index in [1.165, 1.54) is 0 Å². The van der Waals surface area contributed by atoms with Crippen molar-refractivity contribution in [3.8, 4) is 11.8 Å². The Morgan fingerprint density at radius 2 is 2.00 bits per heavy atom. The molecule has 0 unspecified atom stereocenters. The van der Waals surface area contributed by atoms with Crippen LogP contribution in [0.2, 0.25) is 0 Å². The van der Waals surface area contributed by atoms with Crippen molar-refractivity contribution in [1.82, 2.24) is 4.90 Å². The Balaban J connectivity index is 1.89. The summed E-state index contributed by atoms with van der Waals surface area (Å²) in [5.41, 5.74) is 0.796. The van der Waals surface area contributed by atoms with Crippen LogP contribution in [-0.4, -0.2) is 42.6 Å². The largest absolute Gasteiger partial charge is 0.508 e. The lowest BCUT2D eigenvalue weighted by molar-refractivity contribution is -0.123. The molecule has 1 aliphatic heterocycles. The van der Waals surface area contributed by atoms with Crippen LogP contribution < -0.4 is 4.90 Å². The second kappa shape index (κ2) is 7.09. The van der Waals surface area contributed by atoms with Crippen molar-refractivity contribution in [3.05, 3.63) is 24.3 Å². The molecule has 112 valence electrons. The van der Waals surface area contributed by atoms with Gasteiger partial charge in [-0.05, 0) is 50.2 Å². The zero-order chi connectivity index (χ0) is 15.2. The number of likely N-dealkylation sites (tertiary alicyclic amines) is 1. The second-order valence-electron chi connectivity index (χ2n) is 5.44. The van der Waals surface area contributed by atoms with Gasteiger partial charge >= 0.3 is 0 Å². The number of carbonyl (C=O) groups excluding carboxylic acids is 1. The van der Waals surface area contributed by atoms with Crippen molar-refractivity contribution in [2.75, 3.05) is 31.6 Å². The maximum absolute atomic E-state index is 12.5. The smallest absolute Gasteiger partial charge is 0.229 e. The van der Waals surface area contributed by atoms with Crippen molar-refractivity contribution in [2.45, 2.75) is 19.3 Å². The summed E-state index contributed by atoms with van der Waals surface area (Å²) < 4.78 is 0. The van der Waals surface area contributed by atoms with Crippen molar-refractivity contribution >= 4 is 11.6 Å². The lowest BCUT2D eigenvalue weighted by atomic mass is 9.95. The number of nitrogens with zero attached hydrogens (tertiary/aromatic N) is 3. The van der Waals surface area contributed by atoms with Gasteiger partial charge in [-0.1, -0.05) is 0 Å². The summed E-state index contributed by atoms with van der Waals surface area (Å²) in [6, 6.07) is 8.82. The summed E-state index contributed by atoms with van der Waals surface area (Å²) in [6.45, 7) is 2.55. The zero-order valence-electron chi connectivity index (χ0n) is 12.3. The molecule has 21 heavy (non-hydrogen) atoms. The standard InChI is InChI=1S/C16H21N3O2/c1-18(14-3-5-15(20)6-4-14)16(21)13-7-11-19(12-8-13)10-2-9-17/h3-6,13,20H,2,7-8,10-12H2,1H3. The highest BCUT2D eigenvalue weighted by atomic mass is 16.3. The molecule has 0 aliphatic carbocycles. The van der Waals surface area contributed by atoms with Crippen LogP contribution in [0.5, 0.6) is 5.75 Å². The highest BCUT2D eigenvalue weighted by Gasteiger charge is 2.27. The first-order valence-corrected chi connectivity index (χ1v) is 7.27. The van der Waals surface area contributed by atoms with Gasteiger partial charge in [-0.2, -0.15) is 5.26 Å². The number of rotatable bonds is 4. The average molecular weight is 287 g/mol. The van der Waals surface area contributed by atoms with E-state index < -0.39 is 0 Å². The summed E-state index contributed by atoms with van der Waals surface area (Å²) >= 11 is 0. The number of nitriles is 1. The molecule has 0 atom stereocenters. The molecule has 0 saturated carbocycles. The molecule has 0 radical (unpaired) electrons. The minimum absolute atomic E-state index is 0.0436. The lowest BCUT2D eigenvalue weighted by Gasteiger charge is -2.32. The summed E-state index contributed by atoms with van der Waals surface area (Å²) in [5.74, 6) is 0.369. The summed E-state index contributed by atoms with van der Waals surface area (Å²) in [4.78, 5) is 16.4. The number of hydrogen-bond donors (Lipinski definition) is 1. The molecule has 5 heteroatoms. The fourth-order valence-electron chi connectivity index (χ4n) is 2.69. The van der Waals surface area contributed by atoms with Gasteiger partial charge in [0.25, 0.3) is 0 Å². The fourth-order valence-corrected chi connectivity index (χ4v) is 2.69. The van der Waals surface area contributed by atoms with Gasteiger partial charge in [0.05, 0.1) is 6.07 Å². The van der Waals surface area contributed by atoms with E-state index in [1.807, 2.05) is 0 Å². The van der Waals surface area contributed by atoms with Gasteiger partial charge in [0.2, 0.25) is 5.91 Å². The molecule has 1 heterocycles. The van der Waals surface area contributed by atoms with E-state index in [4.69, 9.17) is 5.26 Å². The van der Waals surface area contributed by atoms with Gasteiger partial charge in [-0.3, -0.25) is 4.79 Å². The minimum Gasteiger partial charge on any atom is -0.508 e. The molecule has 1 N–H and O–H groups in total. The minimum atomic E-state index is 0.0436. The van der Waals surface area contributed by atoms with Crippen molar-refractivity contribution in [2.24, 2.45) is 5.92 Å². The van der Waals surface area contributed by atoms with Crippen LogP contribution in [0.3, 0.4) is 0 Å². The molecule has 1 fully saturated rings. The molecule has 0 spiro atoms. The lowest BCUT2D eigenvalue weighted by Crippen LogP contribution is -2.41. The number of phenolic OH excluding ortho intramolecular Hbond substituents is 1. The predicted octanol–water partition coefficient (Wildman–Crippen LogP) is 1.98. The number of anilines is 1. The third kappa shape index (κ3) is 3.96. The zero-order valence-corrected chi connectivity index (χ0v) is 12.3. The van der Waals surface area contributed by atoms with Crippen LogP contribution in [-0.2, 0) is 4.79 Å². The first-order valence-electron chi connectivity index (χ1n) is 7.27. The maximum Gasteiger partial charge on any atom is 0.229 e. The Bertz CT molecular complexity index is 513. The fraction of sp³-hybridized carbons (Fsp3) is 0.500. The van der Waals surface area contributed by atoms with Crippen molar-refractivity contribution in [1.29, 1.82) is 5.26 Å². The molecule has 1 aromatic rings. The second-order valence-corrected chi connectivity index (χ2v) is 5.44. The molecule has 5 nitrogen and oxygen atoms in total. The van der Waals surface area contributed by atoms with Crippen LogP contribution in [0.25, 0.3) is 0 Å². The third-order valence-electron chi connectivity index (χ3n) is 4.04. The van der Waals surface area contributed by atoms with Gasteiger partial charge in [0, 0.05) is 31.6 Å². The highest BCUT2D eigenvalue weighted by Crippen LogP contribution is 2.23. The van der Waals surface area contributed by atoms with Crippen LogP contribution in [0, 0.1) is 17.2 Å². The number of piperidine rings is 1. The number of phenols is 1. The number of benzene rings is 1. The van der Waals surface area contributed by atoms with Crippen LogP contribution >= 0.6 is 0 Å². The molecule has 1 aromatic carbocycles. The van der Waals surface area contributed by atoms with Crippen LogP contribution in [0.1, 0.15) is 19.3 Å². The Morgan fingerprint density at radius 1 is 1.38 bits per heavy atom. The number of aromatic hydroxyl groups is 1. The molecule has 1 amide bonds. The topological polar surface area (TPSA) is 67.6 Å². The third-order valence-corrected chi connectivity index (χ3v) is 4.04. The molecule has 0 aromatic heterocycles. The van der Waals surface area contributed by atoms with Gasteiger partial charge in [0.15, 0.2) is 0 Å². The van der Waals surface area contributed by atoms with E-state index >= 15 is 0 Å². The van der Waals surface area contributed by atoms with Crippen molar-refractivity contribution < 1.29 is 9.90 Å². The molecule has 2 rings (SSSR count). The maximum atomic E-state index is 12.5. The molecular weight excluding hydrogens is 266 g/mol. The predicted molar refractivity (Wildman–Crippen MR) is 80.9 cm³/mol. The Hall–Kier alpha value is -2.06. The van der Waals surface area contributed by atoms with E-state index in [-0.39, 0.29) is 17.6 Å². The highest BCUT2D eigenvalue weighted by molar-refractivity contribution is 5.94. The normalized spacial score (nSPS) is 16.4. The number of hydrogen-bond acceptors (Lipinski definition) is 4. The summed E-state index contributed by atoms with van der Waals surface area (Å²) in [6.07, 6.45) is 2.23. The Morgan fingerprint density at radius 3 is 2.57 bits per heavy atom. The van der Waals surface area contributed by atoms with Crippen molar-refractivity contribution in [3.63, 3.8) is 0 Å². The average Bonchev–Trinajstić information content (AvgIpc) is 2.53. The van der Waals surface area contributed by atoms with E-state index in [1.54, 1.807) is 36.2 Å². The van der Waals surface area contributed by atoms with E-state index in [0.717, 1.165) is 38.2 Å². The molecular formula is C16H21N3O2. The molecule has 1 aliphatic rings. The van der Waals surface area contributed by atoms with Gasteiger partial charge in [0.1, 0.15) is 5.75 Å². The summed E-state index contributed by atoms with van der Waals surface area (Å²) in [5, 5.41) is 17.9.